The van der Waals surface area contributed by atoms with E-state index >= 15 is 0 Å². The Hall–Kier alpha value is -3.04. The van der Waals surface area contributed by atoms with Gasteiger partial charge in [0, 0.05) is 18.7 Å². The smallest absolute Gasteiger partial charge is 0.290 e. The average Bonchev–Trinajstić information content (AvgIpc) is 3.30. The van der Waals surface area contributed by atoms with Gasteiger partial charge in [-0.3, -0.25) is 19.7 Å². The molecule has 152 valence electrons. The minimum Gasteiger partial charge on any atom is -0.503 e. The molecule has 0 saturated heterocycles. The molecule has 1 aliphatic rings. The summed E-state index contributed by atoms with van der Waals surface area (Å²) in [6.45, 7) is 1.01. The molecule has 0 aliphatic carbocycles. The van der Waals surface area contributed by atoms with E-state index in [1.54, 1.807) is 23.6 Å². The van der Waals surface area contributed by atoms with E-state index in [-0.39, 0.29) is 11.3 Å². The van der Waals surface area contributed by atoms with Crippen LogP contribution in [0.15, 0.2) is 53.1 Å². The normalized spacial score (nSPS) is 16.7. The van der Waals surface area contributed by atoms with Crippen LogP contribution < -0.4 is 0 Å². The van der Waals surface area contributed by atoms with Gasteiger partial charge in [-0.1, -0.05) is 18.2 Å². The van der Waals surface area contributed by atoms with Crippen molar-refractivity contribution in [2.24, 2.45) is 0 Å². The van der Waals surface area contributed by atoms with Crippen molar-refractivity contribution in [1.82, 2.24) is 9.80 Å². The molecule has 3 rings (SSSR count). The molecule has 1 atom stereocenters. The molecular formula is C20H21N3O5S. The number of carbonyl (C=O) groups excluding carboxylic acids is 2. The third-order valence-electron chi connectivity index (χ3n) is 4.69. The van der Waals surface area contributed by atoms with Crippen LogP contribution in [0.3, 0.4) is 0 Å². The summed E-state index contributed by atoms with van der Waals surface area (Å²) in [6.07, 6.45) is 0.623. The topological polar surface area (TPSA) is 104 Å². The summed E-state index contributed by atoms with van der Waals surface area (Å²) in [5, 5.41) is 23.5. The summed E-state index contributed by atoms with van der Waals surface area (Å²) < 4.78 is 0. The van der Waals surface area contributed by atoms with Crippen molar-refractivity contribution in [3.05, 3.63) is 73.7 Å². The molecule has 2 aromatic rings. The number of rotatable bonds is 8. The van der Waals surface area contributed by atoms with Crippen LogP contribution >= 0.6 is 11.3 Å². The van der Waals surface area contributed by atoms with E-state index in [0.717, 1.165) is 0 Å². The van der Waals surface area contributed by atoms with Crippen molar-refractivity contribution in [2.45, 2.75) is 12.5 Å². The van der Waals surface area contributed by atoms with E-state index in [1.165, 1.54) is 34.4 Å². The Labute approximate surface area is 171 Å². The summed E-state index contributed by atoms with van der Waals surface area (Å²) in [6, 6.07) is 8.29. The zero-order valence-corrected chi connectivity index (χ0v) is 16.9. The summed E-state index contributed by atoms with van der Waals surface area (Å²) in [7, 11) is 3.82. The predicted molar refractivity (Wildman–Crippen MR) is 109 cm³/mol. The summed E-state index contributed by atoms with van der Waals surface area (Å²) in [4.78, 5) is 40.3. The fourth-order valence-corrected chi connectivity index (χ4v) is 4.05. The van der Waals surface area contributed by atoms with Gasteiger partial charge in [0.15, 0.2) is 5.76 Å². The number of aliphatic hydroxyl groups is 1. The van der Waals surface area contributed by atoms with Gasteiger partial charge in [-0.15, -0.1) is 11.3 Å². The van der Waals surface area contributed by atoms with Crippen molar-refractivity contribution in [1.29, 1.82) is 0 Å². The van der Waals surface area contributed by atoms with Gasteiger partial charge in [0.05, 0.1) is 21.4 Å². The van der Waals surface area contributed by atoms with Crippen molar-refractivity contribution in [2.75, 3.05) is 27.2 Å². The molecule has 0 saturated carbocycles. The Morgan fingerprint density at radius 1 is 1.31 bits per heavy atom. The van der Waals surface area contributed by atoms with Gasteiger partial charge in [0.1, 0.15) is 0 Å². The number of carbonyl (C=O) groups is 2. The first-order valence-electron chi connectivity index (χ1n) is 9.02. The zero-order chi connectivity index (χ0) is 21.1. The number of thiophene rings is 1. The monoisotopic (exact) mass is 415 g/mol. The summed E-state index contributed by atoms with van der Waals surface area (Å²) in [5.41, 5.74) is 0.238. The first-order valence-corrected chi connectivity index (χ1v) is 9.90. The zero-order valence-electron chi connectivity index (χ0n) is 16.1. The van der Waals surface area contributed by atoms with E-state index in [0.29, 0.717) is 30.0 Å². The molecule has 8 nitrogen and oxygen atoms in total. The minimum atomic E-state index is -0.876. The molecule has 0 spiro atoms. The lowest BCUT2D eigenvalue weighted by atomic mass is 9.95. The lowest BCUT2D eigenvalue weighted by Crippen LogP contribution is -2.33. The third-order valence-corrected chi connectivity index (χ3v) is 5.56. The number of aliphatic hydroxyl groups excluding tert-OH is 1. The number of Topliss-reactive ketones (excluding diaryl/α,β-unsaturated/α-hetero) is 1. The van der Waals surface area contributed by atoms with E-state index in [9.17, 15) is 24.8 Å². The Morgan fingerprint density at radius 2 is 2.07 bits per heavy atom. The third kappa shape index (κ3) is 4.20. The van der Waals surface area contributed by atoms with Crippen molar-refractivity contribution < 1.29 is 19.6 Å². The number of nitro benzene ring substituents is 1. The molecule has 1 N–H and O–H groups in total. The highest BCUT2D eigenvalue weighted by molar-refractivity contribution is 7.12. The summed E-state index contributed by atoms with van der Waals surface area (Å²) in [5.74, 6) is -1.68. The molecule has 1 aromatic carbocycles. The molecular weight excluding hydrogens is 394 g/mol. The fraction of sp³-hybridized carbons (Fsp3) is 0.300. The number of amides is 1. The van der Waals surface area contributed by atoms with Crippen LogP contribution in [0.5, 0.6) is 0 Å². The molecule has 0 unspecified atom stereocenters. The Morgan fingerprint density at radius 3 is 2.69 bits per heavy atom. The molecule has 1 aliphatic heterocycles. The van der Waals surface area contributed by atoms with Gasteiger partial charge in [0.2, 0.25) is 5.78 Å². The standard InChI is InChI=1S/C20H21N3O5S/c1-21(2)9-5-10-22-17(13-6-3-7-14(12-13)23(27)28)16(19(25)20(22)26)18(24)15-8-4-11-29-15/h3-4,6-8,11-12,17,25H,5,9-10H2,1-2H3/t17-/m1/s1. The molecule has 9 heteroatoms. The Bertz CT molecular complexity index is 968. The highest BCUT2D eigenvalue weighted by Crippen LogP contribution is 2.40. The van der Waals surface area contributed by atoms with Crippen molar-refractivity contribution in [3.8, 4) is 0 Å². The first-order chi connectivity index (χ1) is 13.8. The van der Waals surface area contributed by atoms with Crippen LogP contribution in [0.2, 0.25) is 0 Å². The van der Waals surface area contributed by atoms with Gasteiger partial charge in [-0.05, 0) is 44.1 Å². The molecule has 29 heavy (non-hydrogen) atoms. The van der Waals surface area contributed by atoms with Crippen LogP contribution in [-0.4, -0.2) is 58.7 Å². The van der Waals surface area contributed by atoms with Gasteiger partial charge in [-0.2, -0.15) is 0 Å². The lowest BCUT2D eigenvalue weighted by molar-refractivity contribution is -0.384. The second kappa shape index (κ2) is 8.54. The average molecular weight is 415 g/mol. The molecule has 2 heterocycles. The minimum absolute atomic E-state index is 0.0391. The highest BCUT2D eigenvalue weighted by Gasteiger charge is 2.44. The number of hydrogen-bond acceptors (Lipinski definition) is 7. The van der Waals surface area contributed by atoms with E-state index in [1.807, 2.05) is 19.0 Å². The van der Waals surface area contributed by atoms with E-state index < -0.39 is 28.4 Å². The van der Waals surface area contributed by atoms with Crippen LogP contribution in [0.25, 0.3) is 0 Å². The number of ketones is 1. The fourth-order valence-electron chi connectivity index (χ4n) is 3.37. The van der Waals surface area contributed by atoms with Gasteiger partial charge < -0.3 is 14.9 Å². The molecule has 0 radical (unpaired) electrons. The Kier molecular flexibility index (Phi) is 6.09. The maximum Gasteiger partial charge on any atom is 0.290 e. The molecule has 1 amide bonds. The van der Waals surface area contributed by atoms with Crippen molar-refractivity contribution in [3.63, 3.8) is 0 Å². The van der Waals surface area contributed by atoms with E-state index in [2.05, 4.69) is 0 Å². The van der Waals surface area contributed by atoms with Gasteiger partial charge >= 0.3 is 0 Å². The molecule has 1 aromatic heterocycles. The number of benzene rings is 1. The highest BCUT2D eigenvalue weighted by atomic mass is 32.1. The van der Waals surface area contributed by atoms with Crippen LogP contribution in [-0.2, 0) is 4.79 Å². The van der Waals surface area contributed by atoms with E-state index in [4.69, 9.17) is 0 Å². The number of non-ortho nitro benzene ring substituents is 1. The van der Waals surface area contributed by atoms with Gasteiger partial charge in [-0.25, -0.2) is 0 Å². The lowest BCUT2D eigenvalue weighted by Gasteiger charge is -2.27. The largest absolute Gasteiger partial charge is 0.503 e. The SMILES string of the molecule is CN(C)CCCN1C(=O)C(O)=C(C(=O)c2cccs2)[C@H]1c1cccc([N+](=O)[O-])c1. The Balaban J connectivity index is 2.04. The quantitative estimate of drug-likeness (QED) is 0.403. The van der Waals surface area contributed by atoms with Crippen LogP contribution in [0, 0.1) is 10.1 Å². The predicted octanol–water partition coefficient (Wildman–Crippen LogP) is 3.19. The second-order valence-electron chi connectivity index (χ2n) is 6.98. The summed E-state index contributed by atoms with van der Waals surface area (Å²) >= 11 is 1.21. The second-order valence-corrected chi connectivity index (χ2v) is 7.93. The van der Waals surface area contributed by atoms with Crippen LogP contribution in [0.1, 0.15) is 27.7 Å². The maximum atomic E-state index is 13.1. The van der Waals surface area contributed by atoms with Gasteiger partial charge in [0.25, 0.3) is 11.6 Å². The molecule has 0 fully saturated rings. The number of nitrogens with zero attached hydrogens (tertiary/aromatic N) is 3. The number of nitro groups is 1. The van der Waals surface area contributed by atoms with Crippen molar-refractivity contribution >= 4 is 28.7 Å². The number of hydrogen-bond donors (Lipinski definition) is 1. The van der Waals surface area contributed by atoms with Crippen LogP contribution in [0.4, 0.5) is 5.69 Å². The molecule has 0 bridgehead atoms. The first kappa shape index (κ1) is 20.7. The maximum absolute atomic E-state index is 13.1.